The van der Waals surface area contributed by atoms with Crippen molar-refractivity contribution < 1.29 is 14.6 Å². The van der Waals surface area contributed by atoms with Gasteiger partial charge in [0.15, 0.2) is 11.5 Å². The zero-order valence-electron chi connectivity index (χ0n) is 13.8. The maximum Gasteiger partial charge on any atom is 0.262 e. The molecule has 0 fully saturated rings. The standard InChI is InChI=1S/C19H17ClN2O3/c1-12(13-6-4-3-5-7-13)22-19(24)15(11-21)8-14-9-16(20)10-17(25-2)18(14)23/h3-10,12,23H,1-2H3,(H,22,24)/b15-8-/t12-/m1/s1. The van der Waals surface area contributed by atoms with E-state index in [1.165, 1.54) is 25.3 Å². The first-order valence-corrected chi connectivity index (χ1v) is 7.88. The minimum absolute atomic E-state index is 0.151. The number of halogens is 1. The molecule has 0 unspecified atom stereocenters. The van der Waals surface area contributed by atoms with Gasteiger partial charge in [-0.25, -0.2) is 0 Å². The van der Waals surface area contributed by atoms with E-state index in [2.05, 4.69) is 5.32 Å². The molecule has 0 aliphatic rings. The number of hydrogen-bond acceptors (Lipinski definition) is 4. The Morgan fingerprint density at radius 2 is 2.04 bits per heavy atom. The maximum atomic E-state index is 12.4. The lowest BCUT2D eigenvalue weighted by molar-refractivity contribution is -0.117. The molecule has 2 N–H and O–H groups in total. The number of ether oxygens (including phenoxy) is 1. The summed E-state index contributed by atoms with van der Waals surface area (Å²) in [7, 11) is 1.39. The molecule has 2 aromatic rings. The van der Waals surface area contributed by atoms with Crippen LogP contribution >= 0.6 is 11.6 Å². The van der Waals surface area contributed by atoms with E-state index in [0.717, 1.165) is 5.56 Å². The van der Waals surface area contributed by atoms with Crippen molar-refractivity contribution >= 4 is 23.6 Å². The molecule has 1 atom stereocenters. The highest BCUT2D eigenvalue weighted by atomic mass is 35.5. The highest BCUT2D eigenvalue weighted by Gasteiger charge is 2.16. The van der Waals surface area contributed by atoms with Crippen molar-refractivity contribution in [2.24, 2.45) is 0 Å². The number of phenolic OH excluding ortho intramolecular Hbond substituents is 1. The van der Waals surface area contributed by atoms with Gasteiger partial charge in [0, 0.05) is 16.7 Å². The summed E-state index contributed by atoms with van der Waals surface area (Å²) in [5.74, 6) is -0.574. The van der Waals surface area contributed by atoms with Gasteiger partial charge in [-0.15, -0.1) is 0 Å². The van der Waals surface area contributed by atoms with Gasteiger partial charge in [-0.05, 0) is 24.6 Å². The molecule has 0 heterocycles. The van der Waals surface area contributed by atoms with E-state index in [1.807, 2.05) is 43.3 Å². The largest absolute Gasteiger partial charge is 0.504 e. The molecule has 6 heteroatoms. The summed E-state index contributed by atoms with van der Waals surface area (Å²) in [6, 6.07) is 13.9. The monoisotopic (exact) mass is 356 g/mol. The van der Waals surface area contributed by atoms with E-state index < -0.39 is 5.91 Å². The summed E-state index contributed by atoms with van der Waals surface area (Å²) in [5, 5.41) is 22.5. The highest BCUT2D eigenvalue weighted by Crippen LogP contribution is 2.34. The first kappa shape index (κ1) is 18.4. The van der Waals surface area contributed by atoms with Crippen molar-refractivity contribution in [2.45, 2.75) is 13.0 Å². The highest BCUT2D eigenvalue weighted by molar-refractivity contribution is 6.31. The Kier molecular flexibility index (Phi) is 6.04. The van der Waals surface area contributed by atoms with Crippen LogP contribution in [0.25, 0.3) is 6.08 Å². The van der Waals surface area contributed by atoms with E-state index in [0.29, 0.717) is 5.02 Å². The number of carbonyl (C=O) groups excluding carboxylic acids is 1. The number of benzene rings is 2. The Morgan fingerprint density at radius 1 is 1.36 bits per heavy atom. The van der Waals surface area contributed by atoms with Crippen LogP contribution in [0.1, 0.15) is 24.1 Å². The summed E-state index contributed by atoms with van der Waals surface area (Å²) >= 11 is 5.97. The Hall–Kier alpha value is -2.97. The van der Waals surface area contributed by atoms with Crippen molar-refractivity contribution in [3.63, 3.8) is 0 Å². The van der Waals surface area contributed by atoms with Crippen LogP contribution in [0.15, 0.2) is 48.0 Å². The molecule has 0 aliphatic heterocycles. The summed E-state index contributed by atoms with van der Waals surface area (Å²) in [5.41, 5.74) is 0.992. The Labute approximate surface area is 151 Å². The van der Waals surface area contributed by atoms with Gasteiger partial charge < -0.3 is 15.2 Å². The molecule has 0 radical (unpaired) electrons. The number of hydrogen-bond donors (Lipinski definition) is 2. The van der Waals surface area contributed by atoms with Gasteiger partial charge in [0.05, 0.1) is 13.2 Å². The Morgan fingerprint density at radius 3 is 2.64 bits per heavy atom. The lowest BCUT2D eigenvalue weighted by Gasteiger charge is -2.14. The minimum atomic E-state index is -0.544. The molecule has 0 saturated carbocycles. The first-order valence-electron chi connectivity index (χ1n) is 7.50. The van der Waals surface area contributed by atoms with Crippen LogP contribution < -0.4 is 10.1 Å². The molecule has 1 amide bonds. The fourth-order valence-electron chi connectivity index (χ4n) is 2.26. The molecule has 128 valence electrons. The number of rotatable bonds is 5. The number of carbonyl (C=O) groups is 1. The molecular formula is C19H17ClN2O3. The first-order chi connectivity index (χ1) is 12.0. The number of nitriles is 1. The average Bonchev–Trinajstić information content (AvgIpc) is 2.62. The second kappa shape index (κ2) is 8.22. The molecule has 0 bridgehead atoms. The van der Waals surface area contributed by atoms with Crippen molar-refractivity contribution in [3.05, 3.63) is 64.2 Å². The molecule has 5 nitrogen and oxygen atoms in total. The predicted molar refractivity (Wildman–Crippen MR) is 96.3 cm³/mol. The molecule has 25 heavy (non-hydrogen) atoms. The molecule has 2 aromatic carbocycles. The number of nitrogens with zero attached hydrogens (tertiary/aromatic N) is 1. The van der Waals surface area contributed by atoms with Crippen LogP contribution in [0.3, 0.4) is 0 Å². The van der Waals surface area contributed by atoms with Crippen LogP contribution in [0.4, 0.5) is 0 Å². The number of amides is 1. The van der Waals surface area contributed by atoms with Crippen LogP contribution in [0, 0.1) is 11.3 Å². The second-order valence-corrected chi connectivity index (χ2v) is 5.76. The van der Waals surface area contributed by atoms with Gasteiger partial charge in [0.1, 0.15) is 11.6 Å². The zero-order chi connectivity index (χ0) is 18.4. The fourth-order valence-corrected chi connectivity index (χ4v) is 2.48. The quantitative estimate of drug-likeness (QED) is 0.630. The number of methoxy groups -OCH3 is 1. The lowest BCUT2D eigenvalue weighted by Crippen LogP contribution is -2.27. The molecule has 0 aliphatic carbocycles. The third kappa shape index (κ3) is 4.52. The van der Waals surface area contributed by atoms with Crippen LogP contribution in [-0.2, 0) is 4.79 Å². The van der Waals surface area contributed by atoms with Gasteiger partial charge >= 0.3 is 0 Å². The second-order valence-electron chi connectivity index (χ2n) is 5.32. The minimum Gasteiger partial charge on any atom is -0.504 e. The molecule has 2 rings (SSSR count). The Bertz CT molecular complexity index is 842. The third-order valence-corrected chi connectivity index (χ3v) is 3.82. The molecular weight excluding hydrogens is 340 g/mol. The van der Waals surface area contributed by atoms with E-state index in [-0.39, 0.29) is 28.7 Å². The SMILES string of the molecule is COc1cc(Cl)cc(/C=C(/C#N)C(=O)N[C@H](C)c2ccccc2)c1O. The summed E-state index contributed by atoms with van der Waals surface area (Å²) < 4.78 is 5.02. The smallest absolute Gasteiger partial charge is 0.262 e. The molecule has 0 aromatic heterocycles. The van der Waals surface area contributed by atoms with Crippen molar-refractivity contribution in [1.29, 1.82) is 5.26 Å². The van der Waals surface area contributed by atoms with Crippen LogP contribution in [0.2, 0.25) is 5.02 Å². The van der Waals surface area contributed by atoms with E-state index in [1.54, 1.807) is 0 Å². The van der Waals surface area contributed by atoms with Gasteiger partial charge in [-0.2, -0.15) is 5.26 Å². The summed E-state index contributed by atoms with van der Waals surface area (Å²) in [6.07, 6.45) is 1.27. The van der Waals surface area contributed by atoms with Gasteiger partial charge in [-0.3, -0.25) is 4.79 Å². The zero-order valence-corrected chi connectivity index (χ0v) is 14.5. The fraction of sp³-hybridized carbons (Fsp3) is 0.158. The van der Waals surface area contributed by atoms with Gasteiger partial charge in [0.25, 0.3) is 5.91 Å². The van der Waals surface area contributed by atoms with Crippen LogP contribution in [0.5, 0.6) is 11.5 Å². The summed E-state index contributed by atoms with van der Waals surface area (Å²) in [4.78, 5) is 12.4. The predicted octanol–water partition coefficient (Wildman–Crippen LogP) is 3.84. The van der Waals surface area contributed by atoms with Crippen LogP contribution in [-0.4, -0.2) is 18.1 Å². The van der Waals surface area contributed by atoms with Crippen molar-refractivity contribution in [3.8, 4) is 17.6 Å². The normalized spacial score (nSPS) is 12.2. The average molecular weight is 357 g/mol. The Balaban J connectivity index is 2.27. The number of nitrogens with one attached hydrogen (secondary N) is 1. The van der Waals surface area contributed by atoms with Crippen molar-refractivity contribution in [2.75, 3.05) is 7.11 Å². The number of aromatic hydroxyl groups is 1. The van der Waals surface area contributed by atoms with E-state index in [9.17, 15) is 15.2 Å². The van der Waals surface area contributed by atoms with Crippen molar-refractivity contribution in [1.82, 2.24) is 5.32 Å². The van der Waals surface area contributed by atoms with E-state index in [4.69, 9.17) is 16.3 Å². The molecule has 0 spiro atoms. The molecule has 0 saturated heterocycles. The number of phenols is 1. The topological polar surface area (TPSA) is 82.3 Å². The third-order valence-electron chi connectivity index (χ3n) is 3.60. The van der Waals surface area contributed by atoms with Gasteiger partial charge in [0.2, 0.25) is 0 Å². The van der Waals surface area contributed by atoms with E-state index >= 15 is 0 Å². The maximum absolute atomic E-state index is 12.4. The van der Waals surface area contributed by atoms with Gasteiger partial charge in [-0.1, -0.05) is 41.9 Å². The summed E-state index contributed by atoms with van der Waals surface area (Å²) in [6.45, 7) is 1.82. The lowest BCUT2D eigenvalue weighted by atomic mass is 10.1.